The van der Waals surface area contributed by atoms with Gasteiger partial charge in [0.2, 0.25) is 0 Å². The van der Waals surface area contributed by atoms with Gasteiger partial charge in [0.05, 0.1) is 30.0 Å². The summed E-state index contributed by atoms with van der Waals surface area (Å²) in [5.41, 5.74) is 6.37. The molecular formula is C25H28N4O4. The van der Waals surface area contributed by atoms with E-state index >= 15 is 0 Å². The smallest absolute Gasteiger partial charge is 0.260 e. The van der Waals surface area contributed by atoms with Crippen LogP contribution in [0.2, 0.25) is 0 Å². The number of aryl methyl sites for hydroxylation is 1. The standard InChI is InChI=1S/C25H28N4O4/c1-15-16(2)24-19(25(31)29(14-33-24)22-13-32-9-7-23(22)30)11-18(15)10-17-4-5-20(26-12-17)21-6-8-28(3)27-21/h4-6,8,11-12,22-23,30H,7,9-10,13-14H2,1-3H3/t22-,23-/m0/s1. The van der Waals surface area contributed by atoms with Crippen molar-refractivity contribution in [1.82, 2.24) is 19.7 Å². The fourth-order valence-electron chi connectivity index (χ4n) is 4.54. The number of pyridine rings is 1. The summed E-state index contributed by atoms with van der Waals surface area (Å²) in [5, 5.41) is 14.8. The molecule has 33 heavy (non-hydrogen) atoms. The first-order chi connectivity index (χ1) is 15.9. The Morgan fingerprint density at radius 2 is 2.03 bits per heavy atom. The number of rotatable bonds is 4. The van der Waals surface area contributed by atoms with Gasteiger partial charge in [0.15, 0.2) is 6.73 Å². The summed E-state index contributed by atoms with van der Waals surface area (Å²) in [6.45, 7) is 4.99. The van der Waals surface area contributed by atoms with Gasteiger partial charge in [-0.15, -0.1) is 0 Å². The zero-order chi connectivity index (χ0) is 23.1. The Balaban J connectivity index is 1.42. The minimum absolute atomic E-state index is 0.120. The van der Waals surface area contributed by atoms with E-state index in [9.17, 15) is 9.90 Å². The van der Waals surface area contributed by atoms with Gasteiger partial charge in [-0.2, -0.15) is 5.10 Å². The van der Waals surface area contributed by atoms with Crippen molar-refractivity contribution in [2.24, 2.45) is 7.05 Å². The molecule has 2 atom stereocenters. The third kappa shape index (κ3) is 4.00. The minimum Gasteiger partial charge on any atom is -0.472 e. The molecule has 2 aliphatic heterocycles. The number of hydrogen-bond donors (Lipinski definition) is 1. The number of amides is 1. The molecule has 1 amide bonds. The zero-order valence-electron chi connectivity index (χ0n) is 19.1. The van der Waals surface area contributed by atoms with Crippen molar-refractivity contribution in [3.63, 3.8) is 0 Å². The lowest BCUT2D eigenvalue weighted by atomic mass is 9.92. The summed E-state index contributed by atoms with van der Waals surface area (Å²) < 4.78 is 13.3. The van der Waals surface area contributed by atoms with Gasteiger partial charge in [0.1, 0.15) is 11.4 Å². The molecule has 8 heteroatoms. The third-order valence-corrected chi connectivity index (χ3v) is 6.67. The Morgan fingerprint density at radius 3 is 2.73 bits per heavy atom. The van der Waals surface area contributed by atoms with Gasteiger partial charge in [-0.05, 0) is 67.1 Å². The highest BCUT2D eigenvalue weighted by molar-refractivity contribution is 5.99. The van der Waals surface area contributed by atoms with Crippen LogP contribution in [0.5, 0.6) is 5.75 Å². The number of nitrogens with zero attached hydrogens (tertiary/aromatic N) is 4. The normalized spacial score (nSPS) is 20.5. The fraction of sp³-hybridized carbons (Fsp3) is 0.400. The summed E-state index contributed by atoms with van der Waals surface area (Å²) in [6, 6.07) is 7.48. The Bertz CT molecular complexity index is 1190. The van der Waals surface area contributed by atoms with Gasteiger partial charge in [-0.25, -0.2) is 0 Å². The SMILES string of the molecule is Cc1c(Cc2ccc(-c3ccn(C)n3)nc2)cc2c(c1C)OCN([C@H]1COCC[C@@H]1O)C2=O. The molecule has 1 aromatic carbocycles. The maximum absolute atomic E-state index is 13.4. The Hall–Kier alpha value is -3.23. The van der Waals surface area contributed by atoms with Crippen LogP contribution in [-0.4, -0.2) is 62.8 Å². The largest absolute Gasteiger partial charge is 0.472 e. The molecule has 1 saturated heterocycles. The summed E-state index contributed by atoms with van der Waals surface area (Å²) in [4.78, 5) is 19.6. The van der Waals surface area contributed by atoms with Crippen molar-refractivity contribution in [3.05, 3.63) is 64.5 Å². The van der Waals surface area contributed by atoms with E-state index in [0.717, 1.165) is 33.6 Å². The summed E-state index contributed by atoms with van der Waals surface area (Å²) >= 11 is 0. The van der Waals surface area contributed by atoms with Gasteiger partial charge in [0, 0.05) is 26.0 Å². The molecular weight excluding hydrogens is 420 g/mol. The molecule has 1 N–H and O–H groups in total. The number of carbonyl (C=O) groups excluding carboxylic acids is 1. The molecule has 172 valence electrons. The maximum atomic E-state index is 13.4. The number of fused-ring (bicyclic) bond motifs is 1. The van der Waals surface area contributed by atoms with E-state index < -0.39 is 12.1 Å². The number of aliphatic hydroxyl groups excluding tert-OH is 1. The third-order valence-electron chi connectivity index (χ3n) is 6.67. The van der Waals surface area contributed by atoms with E-state index in [-0.39, 0.29) is 12.6 Å². The lowest BCUT2D eigenvalue weighted by Crippen LogP contribution is -2.55. The quantitative estimate of drug-likeness (QED) is 0.660. The number of aromatic nitrogens is 3. The second-order valence-corrected chi connectivity index (χ2v) is 8.81. The van der Waals surface area contributed by atoms with Crippen LogP contribution in [0.3, 0.4) is 0 Å². The summed E-state index contributed by atoms with van der Waals surface area (Å²) in [5.74, 6) is 0.506. The second kappa shape index (κ2) is 8.61. The Labute approximate surface area is 192 Å². The molecule has 2 aromatic heterocycles. The summed E-state index contributed by atoms with van der Waals surface area (Å²) in [6.07, 6.45) is 4.31. The van der Waals surface area contributed by atoms with E-state index in [1.54, 1.807) is 9.58 Å². The van der Waals surface area contributed by atoms with Crippen LogP contribution >= 0.6 is 0 Å². The van der Waals surface area contributed by atoms with Crippen LogP contribution < -0.4 is 4.74 Å². The first kappa shape index (κ1) is 21.6. The highest BCUT2D eigenvalue weighted by Gasteiger charge is 2.37. The minimum atomic E-state index is -0.609. The average molecular weight is 449 g/mol. The van der Waals surface area contributed by atoms with Crippen LogP contribution in [0.15, 0.2) is 36.7 Å². The van der Waals surface area contributed by atoms with Crippen molar-refractivity contribution in [3.8, 4) is 17.1 Å². The monoisotopic (exact) mass is 448 g/mol. The van der Waals surface area contributed by atoms with Crippen molar-refractivity contribution < 1.29 is 19.4 Å². The highest BCUT2D eigenvalue weighted by atomic mass is 16.5. The van der Waals surface area contributed by atoms with Crippen LogP contribution in [-0.2, 0) is 18.2 Å². The first-order valence-electron chi connectivity index (χ1n) is 11.2. The van der Waals surface area contributed by atoms with Crippen molar-refractivity contribution in [2.75, 3.05) is 19.9 Å². The summed E-state index contributed by atoms with van der Waals surface area (Å²) in [7, 11) is 1.88. The lowest BCUT2D eigenvalue weighted by molar-refractivity contribution is -0.0697. The molecule has 0 unspecified atom stereocenters. The van der Waals surface area contributed by atoms with Gasteiger partial charge in [-0.3, -0.25) is 19.4 Å². The molecule has 0 aliphatic carbocycles. The van der Waals surface area contributed by atoms with E-state index in [4.69, 9.17) is 9.47 Å². The van der Waals surface area contributed by atoms with E-state index in [0.29, 0.717) is 37.4 Å². The molecule has 0 radical (unpaired) electrons. The van der Waals surface area contributed by atoms with Crippen LogP contribution in [0.4, 0.5) is 0 Å². The molecule has 4 heterocycles. The Kier molecular flexibility index (Phi) is 5.64. The number of ether oxygens (including phenoxy) is 2. The van der Waals surface area contributed by atoms with Crippen LogP contribution in [0, 0.1) is 13.8 Å². The van der Waals surface area contributed by atoms with E-state index in [2.05, 4.69) is 17.0 Å². The van der Waals surface area contributed by atoms with Crippen LogP contribution in [0.25, 0.3) is 11.4 Å². The van der Waals surface area contributed by atoms with Crippen LogP contribution in [0.1, 0.15) is 39.0 Å². The maximum Gasteiger partial charge on any atom is 0.260 e. The predicted octanol–water partition coefficient (Wildman–Crippen LogP) is 2.63. The first-order valence-corrected chi connectivity index (χ1v) is 11.2. The Morgan fingerprint density at radius 1 is 1.18 bits per heavy atom. The molecule has 0 saturated carbocycles. The molecule has 3 aromatic rings. The van der Waals surface area contributed by atoms with Gasteiger partial charge < -0.3 is 14.6 Å². The zero-order valence-corrected chi connectivity index (χ0v) is 19.1. The van der Waals surface area contributed by atoms with Gasteiger partial charge in [-0.1, -0.05) is 6.07 Å². The average Bonchev–Trinajstić information content (AvgIpc) is 3.25. The van der Waals surface area contributed by atoms with Crippen molar-refractivity contribution in [2.45, 2.75) is 38.8 Å². The highest BCUT2D eigenvalue weighted by Crippen LogP contribution is 2.35. The predicted molar refractivity (Wildman–Crippen MR) is 122 cm³/mol. The molecule has 5 rings (SSSR count). The van der Waals surface area contributed by atoms with Gasteiger partial charge >= 0.3 is 0 Å². The second-order valence-electron chi connectivity index (χ2n) is 8.81. The van der Waals surface area contributed by atoms with Crippen molar-refractivity contribution >= 4 is 5.91 Å². The van der Waals surface area contributed by atoms with Gasteiger partial charge in [0.25, 0.3) is 5.91 Å². The molecule has 0 bridgehead atoms. The van der Waals surface area contributed by atoms with E-state index in [1.807, 2.05) is 50.6 Å². The molecule has 0 spiro atoms. The number of aliphatic hydroxyl groups is 1. The molecule has 8 nitrogen and oxygen atoms in total. The molecule has 2 aliphatic rings. The van der Waals surface area contributed by atoms with Crippen molar-refractivity contribution in [1.29, 1.82) is 0 Å². The fourth-order valence-corrected chi connectivity index (χ4v) is 4.54. The molecule has 1 fully saturated rings. The number of hydrogen-bond acceptors (Lipinski definition) is 6. The lowest BCUT2D eigenvalue weighted by Gasteiger charge is -2.40. The number of carbonyl (C=O) groups is 1. The number of benzene rings is 1. The topological polar surface area (TPSA) is 89.7 Å². The van der Waals surface area contributed by atoms with E-state index in [1.165, 1.54) is 0 Å².